The van der Waals surface area contributed by atoms with Gasteiger partial charge in [0.15, 0.2) is 0 Å². The van der Waals surface area contributed by atoms with Gasteiger partial charge in [0.25, 0.3) is 0 Å². The summed E-state index contributed by atoms with van der Waals surface area (Å²) in [5, 5.41) is 0. The van der Waals surface area contributed by atoms with Crippen LogP contribution in [0.1, 0.15) is 12.8 Å². The second kappa shape index (κ2) is 12.6. The molecule has 0 aromatic carbocycles. The molecule has 1 atom stereocenters. The third-order valence-electron chi connectivity index (χ3n) is 6.34. The number of hydrogen-bond donors (Lipinski definition) is 1. The van der Waals surface area contributed by atoms with Gasteiger partial charge in [0.1, 0.15) is 0 Å². The molecule has 0 amide bonds. The SMILES string of the molecule is O=P(O)(CCC(F)(F)C(F)(F)C(F)(F)C(F)(F)C(F)(F)C(F)(F)F)CCC(F)(F)C(F)(F)C(F)(F)C(F)(F)C(F)(F)C(F)(F)C(F)(F)C(F)(F)F. The van der Waals surface area contributed by atoms with Gasteiger partial charge in [-0.15, -0.1) is 0 Å². The zero-order valence-corrected chi connectivity index (χ0v) is 23.4. The quantitative estimate of drug-likeness (QED) is 0.124. The molecule has 308 valence electrons. The molecule has 0 saturated heterocycles. The Hall–Kier alpha value is -1.91. The third kappa shape index (κ3) is 7.08. The molecule has 0 spiro atoms. The van der Waals surface area contributed by atoms with Gasteiger partial charge in [-0.25, -0.2) is 0 Å². The highest BCUT2D eigenvalue weighted by Gasteiger charge is 2.95. The molecule has 0 rings (SSSR count). The molecule has 2 nitrogen and oxygen atoms in total. The fourth-order valence-electron chi connectivity index (χ4n) is 3.05. The summed E-state index contributed by atoms with van der Waals surface area (Å²) in [7, 11) is -6.68. The largest absolute Gasteiger partial charge is 0.460 e. The van der Waals surface area contributed by atoms with E-state index in [1.165, 1.54) is 0 Å². The van der Waals surface area contributed by atoms with E-state index in [9.17, 15) is 141 Å². The monoisotopic (exact) mass is 858 g/mol. The maximum atomic E-state index is 13.9. The summed E-state index contributed by atoms with van der Waals surface area (Å²) >= 11 is 0. The first-order valence-corrected chi connectivity index (χ1v) is 13.4. The first-order chi connectivity index (χ1) is 21.4. The maximum absolute atomic E-state index is 13.9. The standard InChI is InChI=1S/C18H9F30O2P/c19-5(20,7(23,24)9(27,28)11(31,32)12(33,34)14(37,38)16(41,42)18(46,47)48)1-3-51(49,50)4-2-6(21,22)8(25,26)10(29,30)13(35,36)15(39,40)17(43,44)45/h1-4H2,(H,49,50). The Bertz CT molecular complexity index is 1290. The van der Waals surface area contributed by atoms with Crippen LogP contribution in [-0.2, 0) is 4.57 Å². The van der Waals surface area contributed by atoms with E-state index in [4.69, 9.17) is 0 Å². The van der Waals surface area contributed by atoms with Gasteiger partial charge in [-0.1, -0.05) is 0 Å². The normalized spacial score (nSPS) is 17.9. The molecule has 0 aliphatic rings. The lowest BCUT2D eigenvalue weighted by Crippen LogP contribution is -2.74. The summed E-state index contributed by atoms with van der Waals surface area (Å²) in [6.45, 7) is 0. The topological polar surface area (TPSA) is 37.3 Å². The van der Waals surface area contributed by atoms with E-state index in [0.29, 0.717) is 0 Å². The lowest BCUT2D eigenvalue weighted by atomic mass is 9.88. The van der Waals surface area contributed by atoms with E-state index in [0.717, 1.165) is 0 Å². The summed E-state index contributed by atoms with van der Waals surface area (Å²) in [6, 6.07) is 0. The molecule has 0 aliphatic heterocycles. The molecule has 33 heteroatoms. The molecule has 0 fully saturated rings. The fraction of sp³-hybridized carbons (Fsp3) is 1.00. The van der Waals surface area contributed by atoms with Crippen molar-refractivity contribution in [3.63, 3.8) is 0 Å². The van der Waals surface area contributed by atoms with E-state index in [-0.39, 0.29) is 0 Å². The van der Waals surface area contributed by atoms with Crippen LogP contribution in [0.5, 0.6) is 0 Å². The van der Waals surface area contributed by atoms with Gasteiger partial charge in [-0.05, 0) is 0 Å². The first kappa shape index (κ1) is 49.1. The van der Waals surface area contributed by atoms with Crippen molar-refractivity contribution in [3.05, 3.63) is 0 Å². The van der Waals surface area contributed by atoms with E-state index in [1.54, 1.807) is 0 Å². The van der Waals surface area contributed by atoms with E-state index in [1.807, 2.05) is 0 Å². The zero-order valence-electron chi connectivity index (χ0n) is 22.5. The third-order valence-corrected chi connectivity index (χ3v) is 8.18. The lowest BCUT2D eigenvalue weighted by Gasteiger charge is -2.42. The Morgan fingerprint density at radius 2 is 0.451 bits per heavy atom. The fourth-order valence-corrected chi connectivity index (χ4v) is 4.54. The highest BCUT2D eigenvalue weighted by molar-refractivity contribution is 7.57. The molecular weight excluding hydrogens is 849 g/mol. The molecule has 0 saturated carbocycles. The van der Waals surface area contributed by atoms with Crippen LogP contribution in [0.4, 0.5) is 132 Å². The molecule has 1 unspecified atom stereocenters. The molecular formula is C18H9F30O2P. The second-order valence-corrected chi connectivity index (χ2v) is 12.5. The predicted molar refractivity (Wildman–Crippen MR) is 100 cm³/mol. The smallest absolute Gasteiger partial charge is 0.344 e. The van der Waals surface area contributed by atoms with Gasteiger partial charge in [0.2, 0.25) is 7.37 Å². The lowest BCUT2D eigenvalue weighted by molar-refractivity contribution is -0.461. The van der Waals surface area contributed by atoms with Gasteiger partial charge in [-0.3, -0.25) is 4.57 Å². The highest BCUT2D eigenvalue weighted by Crippen LogP contribution is 2.65. The molecule has 0 aromatic heterocycles. The summed E-state index contributed by atoms with van der Waals surface area (Å²) in [4.78, 5) is 9.19. The van der Waals surface area contributed by atoms with Crippen LogP contribution < -0.4 is 0 Å². The van der Waals surface area contributed by atoms with E-state index >= 15 is 0 Å². The van der Waals surface area contributed by atoms with Gasteiger partial charge < -0.3 is 4.89 Å². The Morgan fingerprint density at radius 3 is 0.627 bits per heavy atom. The summed E-state index contributed by atoms with van der Waals surface area (Å²) in [6.07, 6.45) is -30.0. The minimum Gasteiger partial charge on any atom is -0.344 e. The summed E-state index contributed by atoms with van der Waals surface area (Å²) in [5.74, 6) is -101. The Labute approximate surface area is 258 Å². The minimum atomic E-state index is -9.13. The van der Waals surface area contributed by atoms with Crippen LogP contribution >= 0.6 is 7.37 Å². The Morgan fingerprint density at radius 1 is 0.294 bits per heavy atom. The van der Waals surface area contributed by atoms with Gasteiger partial charge in [0, 0.05) is 25.2 Å². The minimum absolute atomic E-state index is 3.17. The number of alkyl halides is 30. The van der Waals surface area contributed by atoms with Gasteiger partial charge in [-0.2, -0.15) is 132 Å². The molecule has 0 bridgehead atoms. The number of hydrogen-bond acceptors (Lipinski definition) is 1. The number of rotatable bonds is 16. The highest BCUT2D eigenvalue weighted by atomic mass is 31.2. The molecule has 51 heavy (non-hydrogen) atoms. The van der Waals surface area contributed by atoms with E-state index < -0.39 is 116 Å². The molecule has 0 aliphatic carbocycles. The Balaban J connectivity index is 6.48. The van der Waals surface area contributed by atoms with Crippen molar-refractivity contribution in [2.75, 3.05) is 12.3 Å². The van der Waals surface area contributed by atoms with Crippen LogP contribution in [0.15, 0.2) is 0 Å². The summed E-state index contributed by atoms with van der Waals surface area (Å²) in [5.41, 5.74) is 0. The van der Waals surface area contributed by atoms with Crippen LogP contribution in [0.2, 0.25) is 0 Å². The molecule has 0 radical (unpaired) electrons. The maximum Gasteiger partial charge on any atom is 0.460 e. The van der Waals surface area contributed by atoms with Crippen LogP contribution in [0.3, 0.4) is 0 Å². The van der Waals surface area contributed by atoms with Gasteiger partial charge in [0.05, 0.1) is 0 Å². The Kier molecular flexibility index (Phi) is 12.1. The number of halogens is 30. The molecule has 0 aromatic rings. The van der Waals surface area contributed by atoms with Gasteiger partial charge >= 0.3 is 83.4 Å². The van der Waals surface area contributed by atoms with E-state index in [2.05, 4.69) is 0 Å². The van der Waals surface area contributed by atoms with Crippen molar-refractivity contribution >= 4 is 7.37 Å². The van der Waals surface area contributed by atoms with Crippen molar-refractivity contribution in [2.45, 2.75) is 96.3 Å². The first-order valence-electron chi connectivity index (χ1n) is 11.4. The second-order valence-electron chi connectivity index (χ2n) is 9.94. The van der Waals surface area contributed by atoms with Crippen LogP contribution in [0.25, 0.3) is 0 Å². The average molecular weight is 858 g/mol. The molecule has 0 heterocycles. The van der Waals surface area contributed by atoms with Crippen molar-refractivity contribution in [2.24, 2.45) is 0 Å². The van der Waals surface area contributed by atoms with Crippen LogP contribution in [-0.4, -0.2) is 101 Å². The zero-order chi connectivity index (χ0) is 42.3. The predicted octanol–water partition coefficient (Wildman–Crippen LogP) is 10.8. The summed E-state index contributed by atoms with van der Waals surface area (Å²) < 4.78 is 406. The average Bonchev–Trinajstić information content (AvgIpc) is 2.88. The van der Waals surface area contributed by atoms with Crippen molar-refractivity contribution in [1.82, 2.24) is 0 Å². The molecule has 1 N–H and O–H groups in total. The van der Waals surface area contributed by atoms with Crippen molar-refractivity contribution in [1.29, 1.82) is 0 Å². The van der Waals surface area contributed by atoms with Crippen LogP contribution in [0, 0.1) is 0 Å². The van der Waals surface area contributed by atoms with Crippen molar-refractivity contribution in [3.8, 4) is 0 Å². The van der Waals surface area contributed by atoms with Crippen molar-refractivity contribution < 1.29 is 141 Å².